The standard InChI is InChI=1S/C13H17N3O2/c1-17-12(18-2)11-7-8-14-13-15-9-5-3-4-6-10(9)16(11)13/h3-6,11-12H,7-8H2,1-2H3,(H,14,15). The first-order valence-corrected chi connectivity index (χ1v) is 6.11. The number of para-hydroxylation sites is 2. The van der Waals surface area contributed by atoms with Crippen molar-refractivity contribution in [2.45, 2.75) is 18.8 Å². The third-order valence-corrected chi connectivity index (χ3v) is 3.43. The Balaban J connectivity index is 2.13. The molecule has 0 fully saturated rings. The minimum atomic E-state index is -0.247. The number of ether oxygens (including phenoxy) is 2. The molecule has 1 unspecified atom stereocenters. The summed E-state index contributed by atoms with van der Waals surface area (Å²) in [6.45, 7) is 0.886. The zero-order valence-corrected chi connectivity index (χ0v) is 10.6. The van der Waals surface area contributed by atoms with Gasteiger partial charge in [-0.05, 0) is 18.6 Å². The quantitative estimate of drug-likeness (QED) is 0.843. The van der Waals surface area contributed by atoms with E-state index >= 15 is 0 Å². The number of aromatic nitrogens is 2. The number of rotatable bonds is 3. The Morgan fingerprint density at radius 2 is 2.11 bits per heavy atom. The average molecular weight is 247 g/mol. The Labute approximate surface area is 106 Å². The molecule has 0 saturated heterocycles. The largest absolute Gasteiger partial charge is 0.356 e. The van der Waals surface area contributed by atoms with Gasteiger partial charge in [-0.25, -0.2) is 4.98 Å². The topological polar surface area (TPSA) is 48.3 Å². The number of nitrogens with zero attached hydrogens (tertiary/aromatic N) is 2. The lowest BCUT2D eigenvalue weighted by atomic mass is 10.1. The van der Waals surface area contributed by atoms with Gasteiger partial charge in [0, 0.05) is 20.8 Å². The Morgan fingerprint density at radius 1 is 1.33 bits per heavy atom. The van der Waals surface area contributed by atoms with Crippen LogP contribution in [0.4, 0.5) is 5.95 Å². The average Bonchev–Trinajstić information content (AvgIpc) is 2.79. The lowest BCUT2D eigenvalue weighted by Crippen LogP contribution is -2.33. The van der Waals surface area contributed by atoms with E-state index in [9.17, 15) is 0 Å². The zero-order valence-electron chi connectivity index (χ0n) is 10.6. The molecular weight excluding hydrogens is 230 g/mol. The molecule has 1 aliphatic rings. The van der Waals surface area contributed by atoms with E-state index in [1.807, 2.05) is 18.2 Å². The molecule has 0 saturated carbocycles. The van der Waals surface area contributed by atoms with Gasteiger partial charge in [0.2, 0.25) is 5.95 Å². The number of hydrogen-bond acceptors (Lipinski definition) is 4. The molecule has 5 heteroatoms. The maximum atomic E-state index is 5.42. The minimum absolute atomic E-state index is 0.156. The van der Waals surface area contributed by atoms with Crippen molar-refractivity contribution in [1.29, 1.82) is 0 Å². The van der Waals surface area contributed by atoms with Gasteiger partial charge in [0.1, 0.15) is 0 Å². The maximum Gasteiger partial charge on any atom is 0.204 e. The van der Waals surface area contributed by atoms with Crippen LogP contribution in [-0.4, -0.2) is 36.6 Å². The van der Waals surface area contributed by atoms with E-state index in [1.165, 1.54) is 0 Å². The fraction of sp³-hybridized carbons (Fsp3) is 0.462. The molecule has 1 aliphatic heterocycles. The van der Waals surface area contributed by atoms with Gasteiger partial charge < -0.3 is 19.4 Å². The van der Waals surface area contributed by atoms with E-state index in [0.717, 1.165) is 29.9 Å². The summed E-state index contributed by atoms with van der Waals surface area (Å²) in [5.74, 6) is 0.895. The molecule has 0 radical (unpaired) electrons. The summed E-state index contributed by atoms with van der Waals surface area (Å²) in [7, 11) is 3.35. The Morgan fingerprint density at radius 3 is 2.89 bits per heavy atom. The van der Waals surface area contributed by atoms with E-state index in [2.05, 4.69) is 20.9 Å². The first kappa shape index (κ1) is 11.5. The van der Waals surface area contributed by atoms with E-state index in [1.54, 1.807) is 14.2 Å². The van der Waals surface area contributed by atoms with Crippen LogP contribution in [0.25, 0.3) is 11.0 Å². The number of anilines is 1. The number of fused-ring (bicyclic) bond motifs is 3. The number of benzene rings is 1. The smallest absolute Gasteiger partial charge is 0.204 e. The Hall–Kier alpha value is -1.59. The van der Waals surface area contributed by atoms with E-state index in [0.29, 0.717) is 0 Å². The predicted molar refractivity (Wildman–Crippen MR) is 69.7 cm³/mol. The van der Waals surface area contributed by atoms with Gasteiger partial charge in [-0.1, -0.05) is 12.1 Å². The van der Waals surface area contributed by atoms with Crippen LogP contribution in [0.2, 0.25) is 0 Å². The highest BCUT2D eigenvalue weighted by Gasteiger charge is 2.29. The van der Waals surface area contributed by atoms with Gasteiger partial charge in [-0.3, -0.25) is 0 Å². The zero-order chi connectivity index (χ0) is 12.5. The van der Waals surface area contributed by atoms with Gasteiger partial charge in [-0.15, -0.1) is 0 Å². The number of nitrogens with one attached hydrogen (secondary N) is 1. The summed E-state index contributed by atoms with van der Waals surface area (Å²) < 4.78 is 13.0. The highest BCUT2D eigenvalue weighted by atomic mass is 16.7. The second-order valence-electron chi connectivity index (χ2n) is 4.42. The van der Waals surface area contributed by atoms with Crippen molar-refractivity contribution in [3.8, 4) is 0 Å². The second kappa shape index (κ2) is 4.59. The first-order valence-electron chi connectivity index (χ1n) is 6.11. The molecule has 0 aliphatic carbocycles. The van der Waals surface area contributed by atoms with Crippen LogP contribution in [0.3, 0.4) is 0 Å². The third-order valence-electron chi connectivity index (χ3n) is 3.43. The molecular formula is C13H17N3O2. The molecule has 1 aromatic carbocycles. The van der Waals surface area contributed by atoms with Crippen molar-refractivity contribution in [2.75, 3.05) is 26.1 Å². The van der Waals surface area contributed by atoms with Crippen LogP contribution in [0.1, 0.15) is 12.5 Å². The Bertz CT molecular complexity index is 548. The minimum Gasteiger partial charge on any atom is -0.356 e. The number of methoxy groups -OCH3 is 2. The molecule has 2 heterocycles. The fourth-order valence-corrected chi connectivity index (χ4v) is 2.63. The van der Waals surface area contributed by atoms with Gasteiger partial charge >= 0.3 is 0 Å². The van der Waals surface area contributed by atoms with Crippen molar-refractivity contribution in [3.63, 3.8) is 0 Å². The van der Waals surface area contributed by atoms with Crippen molar-refractivity contribution in [1.82, 2.24) is 9.55 Å². The van der Waals surface area contributed by atoms with Crippen LogP contribution >= 0.6 is 0 Å². The molecule has 3 rings (SSSR count). The van der Waals surface area contributed by atoms with E-state index in [-0.39, 0.29) is 12.3 Å². The predicted octanol–water partition coefficient (Wildman–Crippen LogP) is 2.01. The molecule has 2 aromatic rings. The first-order chi connectivity index (χ1) is 8.85. The highest BCUT2D eigenvalue weighted by molar-refractivity contribution is 5.79. The summed E-state index contributed by atoms with van der Waals surface area (Å²) in [6, 6.07) is 8.28. The van der Waals surface area contributed by atoms with Gasteiger partial charge in [-0.2, -0.15) is 0 Å². The maximum absolute atomic E-state index is 5.42. The molecule has 0 spiro atoms. The van der Waals surface area contributed by atoms with E-state index < -0.39 is 0 Å². The summed E-state index contributed by atoms with van der Waals surface area (Å²) in [4.78, 5) is 4.60. The Kier molecular flexibility index (Phi) is 2.93. The monoisotopic (exact) mass is 247 g/mol. The van der Waals surface area contributed by atoms with Gasteiger partial charge in [0.15, 0.2) is 6.29 Å². The molecule has 5 nitrogen and oxygen atoms in total. The van der Waals surface area contributed by atoms with Gasteiger partial charge in [0.25, 0.3) is 0 Å². The molecule has 0 amide bonds. The summed E-state index contributed by atoms with van der Waals surface area (Å²) in [5.41, 5.74) is 2.11. The number of imidazole rings is 1. The van der Waals surface area contributed by atoms with Crippen molar-refractivity contribution in [3.05, 3.63) is 24.3 Å². The lowest BCUT2D eigenvalue weighted by Gasteiger charge is -2.31. The molecule has 96 valence electrons. The van der Waals surface area contributed by atoms with Crippen LogP contribution in [0.15, 0.2) is 24.3 Å². The SMILES string of the molecule is COC(OC)C1CCNc2nc3ccccc3n21. The fourth-order valence-electron chi connectivity index (χ4n) is 2.63. The van der Waals surface area contributed by atoms with Crippen LogP contribution < -0.4 is 5.32 Å². The van der Waals surface area contributed by atoms with Crippen LogP contribution in [0, 0.1) is 0 Å². The van der Waals surface area contributed by atoms with Crippen LogP contribution in [-0.2, 0) is 9.47 Å². The summed E-state index contributed by atoms with van der Waals surface area (Å²) in [5, 5.41) is 3.33. The van der Waals surface area contributed by atoms with Gasteiger partial charge in [0.05, 0.1) is 17.1 Å². The molecule has 1 atom stereocenters. The van der Waals surface area contributed by atoms with Crippen LogP contribution in [0.5, 0.6) is 0 Å². The van der Waals surface area contributed by atoms with Crippen molar-refractivity contribution >= 4 is 17.0 Å². The summed E-state index contributed by atoms with van der Waals surface area (Å²) in [6.07, 6.45) is 0.711. The normalized spacial score (nSPS) is 18.9. The van der Waals surface area contributed by atoms with Crippen molar-refractivity contribution in [2.24, 2.45) is 0 Å². The summed E-state index contributed by atoms with van der Waals surface area (Å²) >= 11 is 0. The molecule has 1 N–H and O–H groups in total. The molecule has 1 aromatic heterocycles. The molecule has 0 bridgehead atoms. The second-order valence-corrected chi connectivity index (χ2v) is 4.42. The lowest BCUT2D eigenvalue weighted by molar-refractivity contribution is -0.132. The van der Waals surface area contributed by atoms with E-state index in [4.69, 9.17) is 9.47 Å². The number of hydrogen-bond donors (Lipinski definition) is 1. The third kappa shape index (κ3) is 1.67. The van der Waals surface area contributed by atoms with Crippen molar-refractivity contribution < 1.29 is 9.47 Å². The highest BCUT2D eigenvalue weighted by Crippen LogP contribution is 2.32. The molecule has 18 heavy (non-hydrogen) atoms.